The van der Waals surface area contributed by atoms with Gasteiger partial charge < -0.3 is 19.5 Å². The number of Topliss-reactive ketones (excluding diaryl/α,β-unsaturated/α-hetero) is 1. The third-order valence-electron chi connectivity index (χ3n) is 5.72. The first kappa shape index (κ1) is 24.5. The Bertz CT molecular complexity index is 1040. The molecular weight excluding hydrogens is 418 g/mol. The van der Waals surface area contributed by atoms with E-state index >= 15 is 0 Å². The average molecular weight is 452 g/mol. The van der Waals surface area contributed by atoms with Gasteiger partial charge in [-0.15, -0.1) is 0 Å². The van der Waals surface area contributed by atoms with E-state index in [4.69, 9.17) is 9.47 Å². The maximum Gasteiger partial charge on any atom is 0.295 e. The molecule has 0 radical (unpaired) electrons. The molecule has 6 nitrogen and oxygen atoms in total. The van der Waals surface area contributed by atoms with Crippen molar-refractivity contribution in [3.8, 4) is 5.75 Å². The van der Waals surface area contributed by atoms with Gasteiger partial charge in [-0.1, -0.05) is 43.7 Å². The molecule has 176 valence electrons. The molecule has 1 atom stereocenters. The molecule has 0 bridgehead atoms. The second-order valence-corrected chi connectivity index (χ2v) is 8.93. The Morgan fingerprint density at radius 1 is 1.09 bits per heavy atom. The second kappa shape index (κ2) is 10.7. The standard InChI is InChI=1S/C27H33NO5/c1-17(2)16-33-21-11-12-22(19(4)15-21)25(29)23-24(20-9-7-18(3)8-10-20)28(13-6-14-32-5)27(31)26(23)30/h7-12,15,17,24,29H,6,13-14,16H2,1-5H3/t24-/m1/s1. The van der Waals surface area contributed by atoms with Crippen LogP contribution >= 0.6 is 0 Å². The molecule has 0 aliphatic carbocycles. The van der Waals surface area contributed by atoms with Gasteiger partial charge in [-0.25, -0.2) is 0 Å². The summed E-state index contributed by atoms with van der Waals surface area (Å²) in [6.45, 7) is 9.39. The van der Waals surface area contributed by atoms with Crippen molar-refractivity contribution in [2.24, 2.45) is 5.92 Å². The fourth-order valence-corrected chi connectivity index (χ4v) is 3.98. The summed E-state index contributed by atoms with van der Waals surface area (Å²) in [5, 5.41) is 11.3. The zero-order valence-corrected chi connectivity index (χ0v) is 20.1. The van der Waals surface area contributed by atoms with Crippen molar-refractivity contribution in [1.82, 2.24) is 4.90 Å². The molecule has 2 aromatic carbocycles. The molecule has 1 saturated heterocycles. The Balaban J connectivity index is 2.05. The predicted octanol–water partition coefficient (Wildman–Crippen LogP) is 4.80. The molecule has 0 aromatic heterocycles. The highest BCUT2D eigenvalue weighted by molar-refractivity contribution is 6.46. The van der Waals surface area contributed by atoms with E-state index in [-0.39, 0.29) is 11.3 Å². The van der Waals surface area contributed by atoms with E-state index in [1.54, 1.807) is 19.2 Å². The minimum atomic E-state index is -0.671. The van der Waals surface area contributed by atoms with Crippen LogP contribution in [0.4, 0.5) is 0 Å². The van der Waals surface area contributed by atoms with Gasteiger partial charge in [0.25, 0.3) is 11.7 Å². The summed E-state index contributed by atoms with van der Waals surface area (Å²) in [6.07, 6.45) is 0.590. The van der Waals surface area contributed by atoms with Gasteiger partial charge in [0.15, 0.2) is 0 Å². The summed E-state index contributed by atoms with van der Waals surface area (Å²) >= 11 is 0. The molecule has 1 aliphatic rings. The van der Waals surface area contributed by atoms with Crippen LogP contribution in [0.2, 0.25) is 0 Å². The van der Waals surface area contributed by atoms with Gasteiger partial charge >= 0.3 is 0 Å². The Morgan fingerprint density at radius 2 is 1.79 bits per heavy atom. The number of hydrogen-bond acceptors (Lipinski definition) is 5. The number of carbonyl (C=O) groups is 2. The Hall–Kier alpha value is -3.12. The van der Waals surface area contributed by atoms with Crippen molar-refractivity contribution < 1.29 is 24.2 Å². The summed E-state index contributed by atoms with van der Waals surface area (Å²) in [4.78, 5) is 27.6. The zero-order chi connectivity index (χ0) is 24.1. The summed E-state index contributed by atoms with van der Waals surface area (Å²) in [5.74, 6) is -0.348. The number of methoxy groups -OCH3 is 1. The first-order chi connectivity index (χ1) is 15.7. The fraction of sp³-hybridized carbons (Fsp3) is 0.407. The van der Waals surface area contributed by atoms with E-state index in [1.807, 2.05) is 44.2 Å². The number of aryl methyl sites for hydroxylation is 2. The molecule has 1 aliphatic heterocycles. The topological polar surface area (TPSA) is 76.1 Å². The van der Waals surface area contributed by atoms with Crippen molar-refractivity contribution in [2.75, 3.05) is 26.9 Å². The number of aliphatic hydroxyl groups excluding tert-OH is 1. The smallest absolute Gasteiger partial charge is 0.295 e. The van der Waals surface area contributed by atoms with Crippen LogP contribution in [0.1, 0.15) is 48.6 Å². The summed E-state index contributed by atoms with van der Waals surface area (Å²) < 4.78 is 10.9. The van der Waals surface area contributed by atoms with Crippen LogP contribution in [-0.2, 0) is 14.3 Å². The van der Waals surface area contributed by atoms with Gasteiger partial charge in [0, 0.05) is 25.8 Å². The highest BCUT2D eigenvalue weighted by Crippen LogP contribution is 2.40. The highest BCUT2D eigenvalue weighted by Gasteiger charge is 2.45. The molecule has 0 unspecified atom stereocenters. The van der Waals surface area contributed by atoms with Crippen molar-refractivity contribution in [3.63, 3.8) is 0 Å². The van der Waals surface area contributed by atoms with E-state index < -0.39 is 17.7 Å². The van der Waals surface area contributed by atoms with Gasteiger partial charge in [0.1, 0.15) is 11.5 Å². The van der Waals surface area contributed by atoms with Crippen molar-refractivity contribution >= 4 is 17.4 Å². The molecule has 0 spiro atoms. The van der Waals surface area contributed by atoms with Gasteiger partial charge in [0.2, 0.25) is 0 Å². The molecule has 1 heterocycles. The van der Waals surface area contributed by atoms with E-state index in [2.05, 4.69) is 13.8 Å². The number of likely N-dealkylation sites (tertiary alicyclic amines) is 1. The van der Waals surface area contributed by atoms with Crippen LogP contribution in [0.3, 0.4) is 0 Å². The SMILES string of the molecule is COCCCN1C(=O)C(=O)C(=C(O)c2ccc(OCC(C)C)cc2C)[C@H]1c1ccc(C)cc1. The number of amides is 1. The van der Waals surface area contributed by atoms with Gasteiger partial charge in [0.05, 0.1) is 18.2 Å². The third-order valence-corrected chi connectivity index (χ3v) is 5.72. The maximum absolute atomic E-state index is 13.1. The molecule has 2 aromatic rings. The lowest BCUT2D eigenvalue weighted by molar-refractivity contribution is -0.140. The lowest BCUT2D eigenvalue weighted by atomic mass is 9.93. The van der Waals surface area contributed by atoms with Crippen LogP contribution < -0.4 is 4.74 Å². The second-order valence-electron chi connectivity index (χ2n) is 8.93. The van der Waals surface area contributed by atoms with Crippen LogP contribution in [0.5, 0.6) is 5.75 Å². The molecule has 33 heavy (non-hydrogen) atoms. The molecular formula is C27H33NO5. The molecule has 1 N–H and O–H groups in total. The number of ether oxygens (including phenoxy) is 2. The minimum Gasteiger partial charge on any atom is -0.507 e. The number of ketones is 1. The fourth-order valence-electron chi connectivity index (χ4n) is 3.98. The quantitative estimate of drug-likeness (QED) is 0.257. The lowest BCUT2D eigenvalue weighted by Gasteiger charge is -2.25. The average Bonchev–Trinajstić information content (AvgIpc) is 3.03. The molecule has 3 rings (SSSR count). The summed E-state index contributed by atoms with van der Waals surface area (Å²) in [5.41, 5.74) is 3.25. The zero-order valence-electron chi connectivity index (χ0n) is 20.1. The number of benzene rings is 2. The van der Waals surface area contributed by atoms with Crippen LogP contribution in [-0.4, -0.2) is 48.6 Å². The Labute approximate surface area is 195 Å². The number of rotatable bonds is 9. The lowest BCUT2D eigenvalue weighted by Crippen LogP contribution is -2.31. The molecule has 1 amide bonds. The van der Waals surface area contributed by atoms with E-state index in [0.29, 0.717) is 43.4 Å². The molecule has 0 saturated carbocycles. The maximum atomic E-state index is 13.1. The van der Waals surface area contributed by atoms with Crippen LogP contribution in [0.25, 0.3) is 5.76 Å². The number of nitrogens with zero attached hydrogens (tertiary/aromatic N) is 1. The van der Waals surface area contributed by atoms with Crippen molar-refractivity contribution in [1.29, 1.82) is 0 Å². The van der Waals surface area contributed by atoms with E-state index in [1.165, 1.54) is 4.90 Å². The van der Waals surface area contributed by atoms with Crippen molar-refractivity contribution in [3.05, 3.63) is 70.3 Å². The Morgan fingerprint density at radius 3 is 2.39 bits per heavy atom. The minimum absolute atomic E-state index is 0.111. The number of hydrogen-bond donors (Lipinski definition) is 1. The van der Waals surface area contributed by atoms with Gasteiger partial charge in [-0.2, -0.15) is 0 Å². The van der Waals surface area contributed by atoms with Gasteiger partial charge in [-0.05, 0) is 55.5 Å². The Kier molecular flexibility index (Phi) is 7.92. The van der Waals surface area contributed by atoms with Crippen LogP contribution in [0.15, 0.2) is 48.0 Å². The first-order valence-electron chi connectivity index (χ1n) is 11.3. The number of aliphatic hydroxyl groups is 1. The first-order valence-corrected chi connectivity index (χ1v) is 11.3. The largest absolute Gasteiger partial charge is 0.507 e. The predicted molar refractivity (Wildman–Crippen MR) is 128 cm³/mol. The molecule has 6 heteroatoms. The summed E-state index contributed by atoms with van der Waals surface area (Å²) in [7, 11) is 1.60. The normalized spacial score (nSPS) is 17.8. The number of carbonyl (C=O) groups excluding carboxylic acids is 2. The third kappa shape index (κ3) is 5.45. The highest BCUT2D eigenvalue weighted by atomic mass is 16.5. The van der Waals surface area contributed by atoms with E-state index in [9.17, 15) is 14.7 Å². The molecule has 1 fully saturated rings. The van der Waals surface area contributed by atoms with Gasteiger partial charge in [-0.3, -0.25) is 9.59 Å². The van der Waals surface area contributed by atoms with Crippen LogP contribution in [0, 0.1) is 19.8 Å². The van der Waals surface area contributed by atoms with E-state index in [0.717, 1.165) is 16.7 Å². The summed E-state index contributed by atoms with van der Waals surface area (Å²) in [6, 6.07) is 12.4. The monoisotopic (exact) mass is 451 g/mol. The van der Waals surface area contributed by atoms with Crippen molar-refractivity contribution in [2.45, 2.75) is 40.2 Å².